The number of imidazole rings is 1. The van der Waals surface area contributed by atoms with Gasteiger partial charge in [0.1, 0.15) is 5.82 Å². The summed E-state index contributed by atoms with van der Waals surface area (Å²) < 4.78 is 1.84. The van der Waals surface area contributed by atoms with Crippen LogP contribution < -0.4 is 5.32 Å². The highest BCUT2D eigenvalue weighted by molar-refractivity contribution is 4.98. The van der Waals surface area contributed by atoms with Crippen LogP contribution in [0.4, 0.5) is 0 Å². The first kappa shape index (κ1) is 10.8. The second-order valence-electron chi connectivity index (χ2n) is 3.69. The van der Waals surface area contributed by atoms with Crippen molar-refractivity contribution in [1.82, 2.24) is 30.3 Å². The van der Waals surface area contributed by atoms with Crippen molar-refractivity contribution in [1.29, 1.82) is 0 Å². The van der Waals surface area contributed by atoms with Gasteiger partial charge in [-0.1, -0.05) is 5.21 Å². The summed E-state index contributed by atoms with van der Waals surface area (Å²) in [5.74, 6) is 0.958. The third-order valence-corrected chi connectivity index (χ3v) is 2.28. The maximum Gasteiger partial charge on any atom is 0.103 e. The number of nitrogens with one attached hydrogen (secondary N) is 2. The summed E-state index contributed by atoms with van der Waals surface area (Å²) >= 11 is 0. The summed E-state index contributed by atoms with van der Waals surface area (Å²) in [5, 5.41) is 11.0. The third-order valence-electron chi connectivity index (χ3n) is 2.28. The molecule has 0 aliphatic carbocycles. The van der Waals surface area contributed by atoms with Crippen LogP contribution in [-0.4, -0.2) is 31.5 Å². The average Bonchev–Trinajstić information content (AvgIpc) is 2.89. The monoisotopic (exact) mass is 220 g/mol. The molecule has 0 bridgehead atoms. The Bertz CT molecular complexity index is 405. The Morgan fingerprint density at radius 1 is 1.50 bits per heavy atom. The number of rotatable bonds is 6. The van der Waals surface area contributed by atoms with E-state index >= 15 is 0 Å². The van der Waals surface area contributed by atoms with E-state index in [1.165, 1.54) is 0 Å². The molecule has 0 aliphatic heterocycles. The van der Waals surface area contributed by atoms with Crippen LogP contribution in [-0.2, 0) is 13.1 Å². The van der Waals surface area contributed by atoms with Crippen LogP contribution in [0.1, 0.15) is 17.9 Å². The Labute approximate surface area is 94.1 Å². The van der Waals surface area contributed by atoms with Gasteiger partial charge in [0.25, 0.3) is 0 Å². The molecule has 0 atom stereocenters. The van der Waals surface area contributed by atoms with E-state index in [1.807, 2.05) is 24.0 Å². The maximum absolute atomic E-state index is 4.14. The minimum atomic E-state index is 0.832. The molecule has 2 aromatic rings. The quantitative estimate of drug-likeness (QED) is 0.695. The van der Waals surface area contributed by atoms with Gasteiger partial charge in [-0.05, 0) is 19.9 Å². The summed E-state index contributed by atoms with van der Waals surface area (Å²) in [4.78, 5) is 7.32. The van der Waals surface area contributed by atoms with Crippen molar-refractivity contribution in [3.63, 3.8) is 0 Å². The average molecular weight is 220 g/mol. The van der Waals surface area contributed by atoms with Crippen LogP contribution in [0.5, 0.6) is 0 Å². The fourth-order valence-electron chi connectivity index (χ4n) is 1.50. The molecule has 0 fully saturated rings. The number of hydrogen-bond acceptors (Lipinski definition) is 4. The normalized spacial score (nSPS) is 10.8. The van der Waals surface area contributed by atoms with Crippen LogP contribution >= 0.6 is 0 Å². The number of aromatic nitrogens is 5. The minimum Gasteiger partial charge on any atom is -0.345 e. The van der Waals surface area contributed by atoms with E-state index in [-0.39, 0.29) is 0 Å². The Morgan fingerprint density at radius 3 is 3.12 bits per heavy atom. The molecule has 0 aromatic carbocycles. The second kappa shape index (κ2) is 5.41. The molecule has 0 unspecified atom stereocenters. The van der Waals surface area contributed by atoms with E-state index < -0.39 is 0 Å². The highest BCUT2D eigenvalue weighted by atomic mass is 15.4. The van der Waals surface area contributed by atoms with Crippen molar-refractivity contribution in [2.45, 2.75) is 26.4 Å². The van der Waals surface area contributed by atoms with Gasteiger partial charge in [-0.3, -0.25) is 4.68 Å². The summed E-state index contributed by atoms with van der Waals surface area (Å²) in [5.41, 5.74) is 1.12. The molecular weight excluding hydrogens is 204 g/mol. The summed E-state index contributed by atoms with van der Waals surface area (Å²) in [6, 6.07) is 0. The van der Waals surface area contributed by atoms with Crippen molar-refractivity contribution in [2.24, 2.45) is 0 Å². The zero-order valence-electron chi connectivity index (χ0n) is 9.35. The number of H-pyrrole nitrogens is 1. The van der Waals surface area contributed by atoms with Gasteiger partial charge in [0, 0.05) is 31.2 Å². The first-order valence-corrected chi connectivity index (χ1v) is 5.40. The molecule has 2 heterocycles. The molecule has 0 radical (unpaired) electrons. The highest BCUT2D eigenvalue weighted by Crippen LogP contribution is 1.94. The Hall–Kier alpha value is -1.69. The molecule has 16 heavy (non-hydrogen) atoms. The van der Waals surface area contributed by atoms with Crippen LogP contribution in [0, 0.1) is 6.92 Å². The second-order valence-corrected chi connectivity index (χ2v) is 3.69. The molecule has 0 aliphatic rings. The summed E-state index contributed by atoms with van der Waals surface area (Å²) in [7, 11) is 0. The molecule has 2 N–H and O–H groups in total. The standard InChI is InChI=1S/C10H16N6/c1-9-12-8-10(14-9)7-11-3-2-5-16-6-4-13-15-16/h4,6,8,11H,2-3,5,7H2,1H3,(H,12,14). The fraction of sp³-hybridized carbons (Fsp3) is 0.500. The highest BCUT2D eigenvalue weighted by Gasteiger charge is 1.96. The van der Waals surface area contributed by atoms with E-state index in [0.29, 0.717) is 0 Å². The number of aryl methyl sites for hydroxylation is 2. The summed E-state index contributed by atoms with van der Waals surface area (Å²) in [6.45, 7) is 4.64. The van der Waals surface area contributed by atoms with Gasteiger partial charge in [0.15, 0.2) is 0 Å². The molecular formula is C10H16N6. The van der Waals surface area contributed by atoms with Gasteiger partial charge < -0.3 is 10.3 Å². The topological polar surface area (TPSA) is 71.4 Å². The molecule has 0 saturated carbocycles. The number of nitrogens with zero attached hydrogens (tertiary/aromatic N) is 4. The van der Waals surface area contributed by atoms with Crippen LogP contribution in [0.2, 0.25) is 0 Å². The van der Waals surface area contributed by atoms with Crippen LogP contribution in [0.15, 0.2) is 18.6 Å². The van der Waals surface area contributed by atoms with Gasteiger partial charge in [-0.2, -0.15) is 0 Å². The van der Waals surface area contributed by atoms with Crippen LogP contribution in [0.3, 0.4) is 0 Å². The Morgan fingerprint density at radius 2 is 2.44 bits per heavy atom. The van der Waals surface area contributed by atoms with Crippen LogP contribution in [0.25, 0.3) is 0 Å². The van der Waals surface area contributed by atoms with E-state index in [1.54, 1.807) is 6.20 Å². The SMILES string of the molecule is Cc1ncc(CNCCCn2ccnn2)[nH]1. The van der Waals surface area contributed by atoms with E-state index in [2.05, 4.69) is 25.6 Å². The van der Waals surface area contributed by atoms with Gasteiger partial charge >= 0.3 is 0 Å². The van der Waals surface area contributed by atoms with E-state index in [4.69, 9.17) is 0 Å². The van der Waals surface area contributed by atoms with Crippen molar-refractivity contribution in [3.8, 4) is 0 Å². The number of hydrogen-bond donors (Lipinski definition) is 2. The molecule has 0 saturated heterocycles. The zero-order chi connectivity index (χ0) is 11.2. The largest absolute Gasteiger partial charge is 0.345 e. The third kappa shape index (κ3) is 3.16. The van der Waals surface area contributed by atoms with Gasteiger partial charge in [0.2, 0.25) is 0 Å². The summed E-state index contributed by atoms with van der Waals surface area (Å²) in [6.07, 6.45) is 6.47. The molecule has 6 heteroatoms. The minimum absolute atomic E-state index is 0.832. The molecule has 2 rings (SSSR count). The molecule has 86 valence electrons. The van der Waals surface area contributed by atoms with Gasteiger partial charge in [-0.15, -0.1) is 5.10 Å². The lowest BCUT2D eigenvalue weighted by Crippen LogP contribution is -2.16. The lowest BCUT2D eigenvalue weighted by molar-refractivity contribution is 0.528. The predicted octanol–water partition coefficient (Wildman–Crippen LogP) is 0.490. The van der Waals surface area contributed by atoms with E-state index in [9.17, 15) is 0 Å². The van der Waals surface area contributed by atoms with Crippen molar-refractivity contribution >= 4 is 0 Å². The lowest BCUT2D eigenvalue weighted by Gasteiger charge is -2.02. The first-order valence-electron chi connectivity index (χ1n) is 5.40. The van der Waals surface area contributed by atoms with Crippen molar-refractivity contribution in [2.75, 3.05) is 6.54 Å². The molecule has 0 spiro atoms. The van der Waals surface area contributed by atoms with Crippen molar-refractivity contribution < 1.29 is 0 Å². The first-order chi connectivity index (χ1) is 7.84. The Kier molecular flexibility index (Phi) is 3.66. The smallest absolute Gasteiger partial charge is 0.103 e. The molecule has 6 nitrogen and oxygen atoms in total. The lowest BCUT2D eigenvalue weighted by atomic mass is 10.4. The molecule has 2 aromatic heterocycles. The van der Waals surface area contributed by atoms with Crippen molar-refractivity contribution in [3.05, 3.63) is 30.1 Å². The maximum atomic E-state index is 4.14. The Balaban J connectivity index is 1.59. The number of aromatic amines is 1. The predicted molar refractivity (Wildman–Crippen MR) is 59.7 cm³/mol. The van der Waals surface area contributed by atoms with Gasteiger partial charge in [-0.25, -0.2) is 4.98 Å². The zero-order valence-corrected chi connectivity index (χ0v) is 9.35. The van der Waals surface area contributed by atoms with E-state index in [0.717, 1.165) is 37.6 Å². The van der Waals surface area contributed by atoms with Gasteiger partial charge in [0.05, 0.1) is 6.20 Å². The fourth-order valence-corrected chi connectivity index (χ4v) is 1.50. The molecule has 0 amide bonds.